The summed E-state index contributed by atoms with van der Waals surface area (Å²) in [5.74, 6) is -0.216. The number of thioether (sulfide) groups is 1. The Balaban J connectivity index is 2.91. The summed E-state index contributed by atoms with van der Waals surface area (Å²) in [5.41, 5.74) is -0.0118. The Labute approximate surface area is 125 Å². The maximum atomic E-state index is 12.7. The summed E-state index contributed by atoms with van der Waals surface area (Å²) in [6.45, 7) is 1.46. The van der Waals surface area contributed by atoms with Crippen molar-refractivity contribution >= 4 is 30.5 Å². The predicted octanol–water partition coefficient (Wildman–Crippen LogP) is 2.63. The average Bonchev–Trinajstić information content (AvgIpc) is 2.38. The van der Waals surface area contributed by atoms with E-state index in [9.17, 15) is 23.0 Å². The number of methoxy groups -OCH3 is 1. The van der Waals surface area contributed by atoms with Crippen molar-refractivity contribution in [2.24, 2.45) is 0 Å². The van der Waals surface area contributed by atoms with Gasteiger partial charge in [-0.1, -0.05) is 0 Å². The number of hydrogen-bond donors (Lipinski definition) is 2. The summed E-state index contributed by atoms with van der Waals surface area (Å²) in [6.07, 6.45) is -4.44. The van der Waals surface area contributed by atoms with Gasteiger partial charge in [0.05, 0.1) is 18.4 Å². The third-order valence-corrected chi connectivity index (χ3v) is 3.46. The molecule has 116 valence electrons. The molecule has 9 heteroatoms. The van der Waals surface area contributed by atoms with Gasteiger partial charge in [-0.15, -0.1) is 11.8 Å². The molecule has 21 heavy (non-hydrogen) atoms. The fourth-order valence-electron chi connectivity index (χ4n) is 1.56. The third-order valence-electron chi connectivity index (χ3n) is 2.50. The summed E-state index contributed by atoms with van der Waals surface area (Å²) in [6, 6.07) is 3.22. The molecule has 0 atom stereocenters. The zero-order valence-electron chi connectivity index (χ0n) is 11.5. The van der Waals surface area contributed by atoms with E-state index < -0.39 is 24.8 Å². The number of benzene rings is 1. The van der Waals surface area contributed by atoms with Crippen LogP contribution < -0.4 is 5.23 Å². The Hall–Kier alpha value is -1.35. The normalized spacial score (nSPS) is 11.1. The minimum Gasteiger partial charge on any atom is -0.468 e. The van der Waals surface area contributed by atoms with Gasteiger partial charge in [0.25, 0.3) is 0 Å². The quantitative estimate of drug-likeness (QED) is 0.623. The summed E-state index contributed by atoms with van der Waals surface area (Å²) >= 11 is 1.14. The Kier molecular flexibility index (Phi) is 6.41. The number of carbonyl (C=O) groups excluding carboxylic acids is 1. The minimum absolute atomic E-state index is 0.0425. The van der Waals surface area contributed by atoms with Gasteiger partial charge in [0, 0.05) is 11.4 Å². The molecule has 1 rings (SSSR count). The molecular formula is C12H15BF3NO3S. The minimum atomic E-state index is -4.44. The number of alkyl halides is 3. The molecule has 0 saturated heterocycles. The molecule has 0 fully saturated rings. The van der Waals surface area contributed by atoms with Gasteiger partial charge in [-0.25, -0.2) is 0 Å². The van der Waals surface area contributed by atoms with Crippen LogP contribution in [0.1, 0.15) is 11.1 Å². The fourth-order valence-corrected chi connectivity index (χ4v) is 2.40. The molecule has 0 aliphatic carbocycles. The van der Waals surface area contributed by atoms with Crippen molar-refractivity contribution in [2.45, 2.75) is 18.8 Å². The number of nitrogens with one attached hydrogen (secondary N) is 1. The first-order valence-corrected chi connectivity index (χ1v) is 7.18. The Morgan fingerprint density at radius 1 is 1.48 bits per heavy atom. The lowest BCUT2D eigenvalue weighted by Gasteiger charge is -2.15. The largest absolute Gasteiger partial charge is 0.468 e. The second-order valence-corrected chi connectivity index (χ2v) is 5.24. The summed E-state index contributed by atoms with van der Waals surface area (Å²) in [4.78, 5) is 11.0. The topological polar surface area (TPSA) is 58.6 Å². The van der Waals surface area contributed by atoms with Crippen LogP contribution in [0.15, 0.2) is 18.2 Å². The van der Waals surface area contributed by atoms with Crippen molar-refractivity contribution in [3.05, 3.63) is 29.3 Å². The standard InChI is InChI=1S/C12H15BF3NO3S/c1-13(19)17-10-4-3-9(12(14,15)16)5-8(10)6-21-7-11(18)20-2/h3-5,17,19H,6-7H2,1-2H3. The van der Waals surface area contributed by atoms with E-state index in [1.54, 1.807) is 0 Å². The lowest BCUT2D eigenvalue weighted by Crippen LogP contribution is -2.20. The highest BCUT2D eigenvalue weighted by molar-refractivity contribution is 7.99. The zero-order chi connectivity index (χ0) is 16.0. The monoisotopic (exact) mass is 321 g/mol. The van der Waals surface area contributed by atoms with Gasteiger partial charge in [0.1, 0.15) is 0 Å². The first-order valence-electron chi connectivity index (χ1n) is 6.03. The molecule has 4 nitrogen and oxygen atoms in total. The number of anilines is 1. The van der Waals surface area contributed by atoms with Gasteiger partial charge in [-0.2, -0.15) is 13.2 Å². The van der Waals surface area contributed by atoms with Gasteiger partial charge < -0.3 is 15.0 Å². The van der Waals surface area contributed by atoms with Crippen molar-refractivity contribution in [3.8, 4) is 0 Å². The Bertz CT molecular complexity index is 497. The van der Waals surface area contributed by atoms with Crippen LogP contribution in [0, 0.1) is 0 Å². The molecule has 0 unspecified atom stereocenters. The molecule has 2 N–H and O–H groups in total. The van der Waals surface area contributed by atoms with Crippen LogP contribution in [0.25, 0.3) is 0 Å². The second-order valence-electron chi connectivity index (χ2n) is 4.26. The van der Waals surface area contributed by atoms with E-state index in [2.05, 4.69) is 9.96 Å². The van der Waals surface area contributed by atoms with Crippen LogP contribution in [-0.4, -0.2) is 30.9 Å². The van der Waals surface area contributed by atoms with Gasteiger partial charge in [-0.05, 0) is 30.6 Å². The van der Waals surface area contributed by atoms with E-state index in [-0.39, 0.29) is 11.5 Å². The summed E-state index contributed by atoms with van der Waals surface area (Å²) in [7, 11) is 0.347. The van der Waals surface area contributed by atoms with E-state index in [0.29, 0.717) is 11.3 Å². The SMILES string of the molecule is COC(=O)CSCc1cc(C(F)(F)F)ccc1NB(C)O. The van der Waals surface area contributed by atoms with Crippen molar-refractivity contribution in [1.29, 1.82) is 0 Å². The summed E-state index contributed by atoms with van der Waals surface area (Å²) < 4.78 is 42.6. The maximum absolute atomic E-state index is 12.7. The Morgan fingerprint density at radius 3 is 2.67 bits per heavy atom. The summed E-state index contributed by atoms with van der Waals surface area (Å²) in [5, 5.41) is 12.0. The number of halogens is 3. The zero-order valence-corrected chi connectivity index (χ0v) is 12.3. The van der Waals surface area contributed by atoms with Crippen LogP contribution in [0.3, 0.4) is 0 Å². The maximum Gasteiger partial charge on any atom is 0.416 e. The molecule has 0 spiro atoms. The van der Waals surface area contributed by atoms with E-state index in [1.165, 1.54) is 20.0 Å². The van der Waals surface area contributed by atoms with E-state index >= 15 is 0 Å². The second kappa shape index (κ2) is 7.60. The molecule has 0 aromatic heterocycles. The molecule has 0 amide bonds. The fraction of sp³-hybridized carbons (Fsp3) is 0.417. The average molecular weight is 321 g/mol. The van der Waals surface area contributed by atoms with Crippen LogP contribution in [0.4, 0.5) is 18.9 Å². The van der Waals surface area contributed by atoms with Gasteiger partial charge in [0.2, 0.25) is 0 Å². The van der Waals surface area contributed by atoms with Crippen LogP contribution in [0.5, 0.6) is 0 Å². The predicted molar refractivity (Wildman–Crippen MR) is 77.1 cm³/mol. The lowest BCUT2D eigenvalue weighted by molar-refractivity contribution is -0.138. The lowest BCUT2D eigenvalue weighted by atomic mass is 9.87. The van der Waals surface area contributed by atoms with Crippen molar-refractivity contribution in [2.75, 3.05) is 18.1 Å². The van der Waals surface area contributed by atoms with E-state index in [1.807, 2.05) is 0 Å². The van der Waals surface area contributed by atoms with E-state index in [4.69, 9.17) is 0 Å². The molecule has 0 aliphatic heterocycles. The van der Waals surface area contributed by atoms with Crippen molar-refractivity contribution in [3.63, 3.8) is 0 Å². The van der Waals surface area contributed by atoms with Gasteiger partial charge in [0.15, 0.2) is 0 Å². The molecule has 0 bridgehead atoms. The van der Waals surface area contributed by atoms with Gasteiger partial charge >= 0.3 is 19.2 Å². The molecular weight excluding hydrogens is 306 g/mol. The smallest absolute Gasteiger partial charge is 0.416 e. The third kappa shape index (κ3) is 5.88. The van der Waals surface area contributed by atoms with Crippen molar-refractivity contribution in [1.82, 2.24) is 0 Å². The van der Waals surface area contributed by atoms with Crippen molar-refractivity contribution < 1.29 is 27.7 Å². The number of ether oxygens (including phenoxy) is 1. The highest BCUT2D eigenvalue weighted by Gasteiger charge is 2.31. The van der Waals surface area contributed by atoms with E-state index in [0.717, 1.165) is 23.9 Å². The van der Waals surface area contributed by atoms with Crippen LogP contribution in [0.2, 0.25) is 6.82 Å². The molecule has 1 aromatic rings. The highest BCUT2D eigenvalue weighted by atomic mass is 32.2. The molecule has 0 saturated carbocycles. The number of esters is 1. The van der Waals surface area contributed by atoms with Crippen LogP contribution >= 0.6 is 11.8 Å². The van der Waals surface area contributed by atoms with Crippen LogP contribution in [-0.2, 0) is 21.5 Å². The Morgan fingerprint density at radius 2 is 2.14 bits per heavy atom. The number of rotatable bonds is 6. The molecule has 0 aliphatic rings. The number of hydrogen-bond acceptors (Lipinski definition) is 5. The highest BCUT2D eigenvalue weighted by Crippen LogP contribution is 2.33. The molecule has 0 heterocycles. The van der Waals surface area contributed by atoms with Gasteiger partial charge in [-0.3, -0.25) is 4.79 Å². The number of carbonyl (C=O) groups is 1. The first kappa shape index (κ1) is 17.7. The molecule has 0 radical (unpaired) electrons. The molecule has 1 aromatic carbocycles. The first-order chi connectivity index (χ1) is 9.74.